The van der Waals surface area contributed by atoms with Gasteiger partial charge in [-0.3, -0.25) is 0 Å². The van der Waals surface area contributed by atoms with Crippen LogP contribution in [0.15, 0.2) is 18.2 Å². The molecule has 80 valence electrons. The van der Waals surface area contributed by atoms with E-state index in [1.54, 1.807) is 12.1 Å². The summed E-state index contributed by atoms with van der Waals surface area (Å²) in [5.74, 6) is -0.994. The van der Waals surface area contributed by atoms with Gasteiger partial charge in [-0.2, -0.15) is 5.26 Å². The zero-order chi connectivity index (χ0) is 11.8. The molecule has 0 aliphatic carbocycles. The fourth-order valence-corrected chi connectivity index (χ4v) is 1.08. The molecule has 0 aliphatic rings. The van der Waals surface area contributed by atoms with E-state index in [1.807, 2.05) is 26.8 Å². The Morgan fingerprint density at radius 1 is 1.40 bits per heavy atom. The van der Waals surface area contributed by atoms with Gasteiger partial charge in [0.1, 0.15) is 0 Å². The Morgan fingerprint density at radius 3 is 2.40 bits per heavy atom. The minimum absolute atomic E-state index is 0.177. The molecule has 0 aliphatic heterocycles. The molecule has 0 aromatic heterocycles. The second-order valence-electron chi connectivity index (χ2n) is 2.69. The van der Waals surface area contributed by atoms with Gasteiger partial charge in [-0.15, -0.1) is 0 Å². The van der Waals surface area contributed by atoms with Gasteiger partial charge in [0.25, 0.3) is 0 Å². The van der Waals surface area contributed by atoms with Crippen molar-refractivity contribution in [3.05, 3.63) is 34.9 Å². The zero-order valence-corrected chi connectivity index (χ0v) is 9.24. The fourth-order valence-electron chi connectivity index (χ4n) is 1.08. The third-order valence-corrected chi connectivity index (χ3v) is 1.78. The van der Waals surface area contributed by atoms with Crippen molar-refractivity contribution in [2.24, 2.45) is 0 Å². The largest absolute Gasteiger partial charge is 0.478 e. The molecule has 1 aromatic carbocycles. The third kappa shape index (κ3) is 3.82. The molecule has 15 heavy (non-hydrogen) atoms. The Kier molecular flexibility index (Phi) is 5.81. The van der Waals surface area contributed by atoms with Gasteiger partial charge in [0.2, 0.25) is 0 Å². The van der Waals surface area contributed by atoms with Crippen LogP contribution in [0.25, 0.3) is 0 Å². The number of carboxylic acids is 1. The lowest BCUT2D eigenvalue weighted by atomic mass is 10.0. The predicted octanol–water partition coefficient (Wildman–Crippen LogP) is 2.85. The van der Waals surface area contributed by atoms with Crippen LogP contribution < -0.4 is 0 Å². The molecule has 0 fully saturated rings. The summed E-state index contributed by atoms with van der Waals surface area (Å²) >= 11 is 0. The molecule has 0 saturated carbocycles. The van der Waals surface area contributed by atoms with Crippen LogP contribution in [0.2, 0.25) is 0 Å². The Hall–Kier alpha value is -1.82. The normalized spacial score (nSPS) is 8.40. The van der Waals surface area contributed by atoms with Crippen LogP contribution in [0.3, 0.4) is 0 Å². The predicted molar refractivity (Wildman–Crippen MR) is 58.8 cm³/mol. The second kappa shape index (κ2) is 6.61. The molecule has 1 aromatic rings. The van der Waals surface area contributed by atoms with E-state index in [2.05, 4.69) is 0 Å². The van der Waals surface area contributed by atoms with E-state index in [9.17, 15) is 4.79 Å². The summed E-state index contributed by atoms with van der Waals surface area (Å²) in [5.41, 5.74) is 1.45. The number of carbonyl (C=O) groups is 1. The van der Waals surface area contributed by atoms with Crippen LogP contribution in [0.1, 0.15) is 42.3 Å². The molecule has 0 amide bonds. The third-order valence-electron chi connectivity index (χ3n) is 1.78. The lowest BCUT2D eigenvalue weighted by Gasteiger charge is -1.99. The summed E-state index contributed by atoms with van der Waals surface area (Å²) < 4.78 is 0. The van der Waals surface area contributed by atoms with Crippen molar-refractivity contribution in [1.82, 2.24) is 0 Å². The average molecular weight is 205 g/mol. The van der Waals surface area contributed by atoms with E-state index in [-0.39, 0.29) is 5.56 Å². The zero-order valence-electron chi connectivity index (χ0n) is 9.24. The number of hydrogen-bond donors (Lipinski definition) is 1. The molecule has 0 bridgehead atoms. The molecule has 0 unspecified atom stereocenters. The van der Waals surface area contributed by atoms with Crippen molar-refractivity contribution in [3.8, 4) is 6.07 Å². The Labute approximate surface area is 90.0 Å². The SMILES string of the molecule is CC.CCc1cc(C#N)cc(C(=O)O)c1. The summed E-state index contributed by atoms with van der Waals surface area (Å²) in [6.07, 6.45) is 0.732. The van der Waals surface area contributed by atoms with E-state index >= 15 is 0 Å². The van der Waals surface area contributed by atoms with Crippen LogP contribution in [0, 0.1) is 11.3 Å². The lowest BCUT2D eigenvalue weighted by molar-refractivity contribution is 0.0696. The van der Waals surface area contributed by atoms with E-state index in [0.717, 1.165) is 12.0 Å². The number of carboxylic acid groups (broad SMARTS) is 1. The molecule has 3 nitrogen and oxygen atoms in total. The smallest absolute Gasteiger partial charge is 0.335 e. The van der Waals surface area contributed by atoms with Crippen molar-refractivity contribution in [2.75, 3.05) is 0 Å². The molecule has 0 spiro atoms. The van der Waals surface area contributed by atoms with Gasteiger partial charge in [-0.1, -0.05) is 20.8 Å². The van der Waals surface area contributed by atoms with Crippen molar-refractivity contribution in [3.63, 3.8) is 0 Å². The molecule has 1 rings (SSSR count). The summed E-state index contributed by atoms with van der Waals surface area (Å²) in [7, 11) is 0. The molecule has 0 atom stereocenters. The van der Waals surface area contributed by atoms with Crippen LogP contribution in [0.5, 0.6) is 0 Å². The summed E-state index contributed by atoms with van der Waals surface area (Å²) in [5, 5.41) is 17.3. The summed E-state index contributed by atoms with van der Waals surface area (Å²) in [4.78, 5) is 10.6. The summed E-state index contributed by atoms with van der Waals surface area (Å²) in [6.45, 7) is 5.92. The maximum absolute atomic E-state index is 10.6. The van der Waals surface area contributed by atoms with Gasteiger partial charge in [-0.05, 0) is 30.2 Å². The van der Waals surface area contributed by atoms with Crippen LogP contribution >= 0.6 is 0 Å². The molecule has 3 heteroatoms. The highest BCUT2D eigenvalue weighted by atomic mass is 16.4. The average Bonchev–Trinajstić information content (AvgIpc) is 2.30. The lowest BCUT2D eigenvalue weighted by Crippen LogP contribution is -1.98. The second-order valence-corrected chi connectivity index (χ2v) is 2.69. The van der Waals surface area contributed by atoms with Gasteiger partial charge >= 0.3 is 5.97 Å². The summed E-state index contributed by atoms with van der Waals surface area (Å²) in [6, 6.07) is 6.60. The molecular formula is C12H15NO2. The van der Waals surface area contributed by atoms with E-state index in [0.29, 0.717) is 5.56 Å². The number of nitriles is 1. The monoisotopic (exact) mass is 205 g/mol. The fraction of sp³-hybridized carbons (Fsp3) is 0.333. The van der Waals surface area contributed by atoms with Gasteiger partial charge in [-0.25, -0.2) is 4.79 Å². The molecule has 1 N–H and O–H groups in total. The Morgan fingerprint density at radius 2 is 2.00 bits per heavy atom. The van der Waals surface area contributed by atoms with Gasteiger partial charge in [0.15, 0.2) is 0 Å². The minimum atomic E-state index is -0.994. The van der Waals surface area contributed by atoms with E-state index in [1.165, 1.54) is 6.07 Å². The number of aryl methyl sites for hydroxylation is 1. The number of rotatable bonds is 2. The van der Waals surface area contributed by atoms with Gasteiger partial charge in [0, 0.05) is 0 Å². The first-order valence-corrected chi connectivity index (χ1v) is 4.94. The highest BCUT2D eigenvalue weighted by Gasteiger charge is 2.05. The van der Waals surface area contributed by atoms with Crippen molar-refractivity contribution < 1.29 is 9.90 Å². The van der Waals surface area contributed by atoms with Crippen molar-refractivity contribution in [2.45, 2.75) is 27.2 Å². The standard InChI is InChI=1S/C10H9NO2.C2H6/c1-2-7-3-8(6-11)5-9(4-7)10(12)13;1-2/h3-5H,2H2,1H3,(H,12,13);1-2H3. The van der Waals surface area contributed by atoms with Crippen LogP contribution in [-0.4, -0.2) is 11.1 Å². The van der Waals surface area contributed by atoms with Crippen molar-refractivity contribution in [1.29, 1.82) is 5.26 Å². The minimum Gasteiger partial charge on any atom is -0.478 e. The molecule has 0 saturated heterocycles. The number of nitrogens with zero attached hydrogens (tertiary/aromatic N) is 1. The molecule has 0 radical (unpaired) electrons. The first kappa shape index (κ1) is 13.2. The van der Waals surface area contributed by atoms with E-state index in [4.69, 9.17) is 10.4 Å². The van der Waals surface area contributed by atoms with Gasteiger partial charge < -0.3 is 5.11 Å². The first-order chi connectivity index (χ1) is 7.17. The van der Waals surface area contributed by atoms with Crippen molar-refractivity contribution >= 4 is 5.97 Å². The maximum atomic E-state index is 10.6. The Bertz CT molecular complexity index is 378. The quantitative estimate of drug-likeness (QED) is 0.807. The number of benzene rings is 1. The highest BCUT2D eigenvalue weighted by Crippen LogP contribution is 2.10. The molecular weight excluding hydrogens is 190 g/mol. The number of aromatic carboxylic acids is 1. The highest BCUT2D eigenvalue weighted by molar-refractivity contribution is 5.88. The van der Waals surface area contributed by atoms with Gasteiger partial charge in [0.05, 0.1) is 17.2 Å². The molecule has 0 heterocycles. The van der Waals surface area contributed by atoms with E-state index < -0.39 is 5.97 Å². The topological polar surface area (TPSA) is 61.1 Å². The first-order valence-electron chi connectivity index (χ1n) is 4.94. The maximum Gasteiger partial charge on any atom is 0.335 e. The van der Waals surface area contributed by atoms with Crippen LogP contribution in [0.4, 0.5) is 0 Å². The number of hydrogen-bond acceptors (Lipinski definition) is 2. The van der Waals surface area contributed by atoms with Crippen LogP contribution in [-0.2, 0) is 6.42 Å². The Balaban J connectivity index is 0.000000921.